The lowest BCUT2D eigenvalue weighted by Crippen LogP contribution is -2.47. The Labute approximate surface area is 125 Å². The van der Waals surface area contributed by atoms with Crippen molar-refractivity contribution in [2.24, 2.45) is 5.92 Å². The number of hydrogen-bond donors (Lipinski definition) is 2. The zero-order valence-corrected chi connectivity index (χ0v) is 12.7. The number of hydrogen-bond acceptors (Lipinski definition) is 3. The van der Waals surface area contributed by atoms with Gasteiger partial charge in [-0.15, -0.1) is 0 Å². The molecule has 0 fully saturated rings. The van der Waals surface area contributed by atoms with Gasteiger partial charge in [0.15, 0.2) is 0 Å². The summed E-state index contributed by atoms with van der Waals surface area (Å²) < 4.78 is 0. The van der Waals surface area contributed by atoms with Crippen molar-refractivity contribution >= 4 is 12.0 Å². The number of likely N-dealkylation sites (N-methyl/N-ethyl adjacent to an activating group) is 1. The minimum Gasteiger partial charge on any atom is -0.480 e. The molecule has 1 heterocycles. The summed E-state index contributed by atoms with van der Waals surface area (Å²) in [6, 6.07) is 2.58. The maximum absolute atomic E-state index is 12.0. The highest BCUT2D eigenvalue weighted by Crippen LogP contribution is 2.06. The van der Waals surface area contributed by atoms with Crippen LogP contribution in [0.4, 0.5) is 4.79 Å². The molecule has 0 aliphatic heterocycles. The van der Waals surface area contributed by atoms with Crippen molar-refractivity contribution in [1.29, 1.82) is 0 Å². The first-order chi connectivity index (χ1) is 9.90. The SMILES string of the molecule is CC(C)C[C@@H](NC(=O)N(C)CCc1ccncc1)C(=O)O. The Hall–Kier alpha value is -2.11. The Morgan fingerprint density at radius 3 is 2.48 bits per heavy atom. The third-order valence-corrected chi connectivity index (χ3v) is 3.13. The zero-order valence-electron chi connectivity index (χ0n) is 12.7. The van der Waals surface area contributed by atoms with Crippen molar-refractivity contribution in [1.82, 2.24) is 15.2 Å². The summed E-state index contributed by atoms with van der Waals surface area (Å²) in [6.45, 7) is 4.37. The van der Waals surface area contributed by atoms with Crippen LogP contribution in [0.2, 0.25) is 0 Å². The number of aromatic nitrogens is 1. The fourth-order valence-electron chi connectivity index (χ4n) is 1.90. The van der Waals surface area contributed by atoms with Crippen LogP contribution in [0.25, 0.3) is 0 Å². The third-order valence-electron chi connectivity index (χ3n) is 3.13. The molecule has 0 unspecified atom stereocenters. The molecule has 0 bridgehead atoms. The van der Waals surface area contributed by atoms with E-state index >= 15 is 0 Å². The van der Waals surface area contributed by atoms with E-state index in [4.69, 9.17) is 5.11 Å². The Kier molecular flexibility index (Phi) is 6.65. The molecule has 2 N–H and O–H groups in total. The predicted octanol–water partition coefficient (Wildman–Crippen LogP) is 1.76. The average Bonchev–Trinajstić information content (AvgIpc) is 2.44. The molecule has 6 heteroatoms. The summed E-state index contributed by atoms with van der Waals surface area (Å²) >= 11 is 0. The molecule has 0 aliphatic rings. The quantitative estimate of drug-likeness (QED) is 0.802. The highest BCUT2D eigenvalue weighted by Gasteiger charge is 2.22. The molecule has 1 aromatic rings. The number of carboxylic acids is 1. The van der Waals surface area contributed by atoms with Crippen LogP contribution in [0.3, 0.4) is 0 Å². The number of nitrogens with zero attached hydrogens (tertiary/aromatic N) is 2. The Morgan fingerprint density at radius 2 is 1.95 bits per heavy atom. The Morgan fingerprint density at radius 1 is 1.33 bits per heavy atom. The van der Waals surface area contributed by atoms with Gasteiger partial charge in [0.25, 0.3) is 0 Å². The van der Waals surface area contributed by atoms with Crippen LogP contribution < -0.4 is 5.32 Å². The molecule has 0 saturated carbocycles. The van der Waals surface area contributed by atoms with Crippen LogP contribution >= 0.6 is 0 Å². The maximum atomic E-state index is 12.0. The van der Waals surface area contributed by atoms with Crippen molar-refractivity contribution in [2.45, 2.75) is 32.7 Å². The van der Waals surface area contributed by atoms with Gasteiger partial charge in [0.05, 0.1) is 0 Å². The van der Waals surface area contributed by atoms with Crippen LogP contribution in [-0.2, 0) is 11.2 Å². The van der Waals surface area contributed by atoms with E-state index in [2.05, 4.69) is 10.3 Å². The van der Waals surface area contributed by atoms with Gasteiger partial charge in [-0.1, -0.05) is 13.8 Å². The standard InChI is InChI=1S/C15H23N3O3/c1-11(2)10-13(14(19)20)17-15(21)18(3)9-6-12-4-7-16-8-5-12/h4-5,7-8,11,13H,6,9-10H2,1-3H3,(H,17,21)(H,19,20)/t13-/m1/s1. The number of carbonyl (C=O) groups excluding carboxylic acids is 1. The molecule has 1 rings (SSSR count). The van der Waals surface area contributed by atoms with Crippen molar-refractivity contribution in [3.8, 4) is 0 Å². The van der Waals surface area contributed by atoms with Crippen LogP contribution in [0, 0.1) is 5.92 Å². The molecule has 1 atom stereocenters. The van der Waals surface area contributed by atoms with E-state index in [1.807, 2.05) is 26.0 Å². The topological polar surface area (TPSA) is 82.5 Å². The van der Waals surface area contributed by atoms with E-state index in [0.29, 0.717) is 19.4 Å². The lowest BCUT2D eigenvalue weighted by Gasteiger charge is -2.22. The second kappa shape index (κ2) is 8.24. The molecule has 0 aliphatic carbocycles. The van der Waals surface area contributed by atoms with E-state index in [1.54, 1.807) is 19.4 Å². The number of aliphatic carboxylic acids is 1. The van der Waals surface area contributed by atoms with Gasteiger partial charge in [0.1, 0.15) is 6.04 Å². The second-order valence-corrected chi connectivity index (χ2v) is 5.50. The Bertz CT molecular complexity index is 462. The molecular weight excluding hydrogens is 270 g/mol. The van der Waals surface area contributed by atoms with E-state index in [9.17, 15) is 9.59 Å². The summed E-state index contributed by atoms with van der Waals surface area (Å²) in [4.78, 5) is 28.6. The van der Waals surface area contributed by atoms with Gasteiger partial charge in [-0.2, -0.15) is 0 Å². The smallest absolute Gasteiger partial charge is 0.326 e. The number of pyridine rings is 1. The number of carbonyl (C=O) groups is 2. The molecule has 0 aromatic carbocycles. The molecule has 116 valence electrons. The summed E-state index contributed by atoms with van der Waals surface area (Å²) in [5.74, 6) is -0.798. The third kappa shape index (κ3) is 6.25. The van der Waals surface area contributed by atoms with E-state index < -0.39 is 12.0 Å². The monoisotopic (exact) mass is 293 g/mol. The van der Waals surface area contributed by atoms with Crippen molar-refractivity contribution in [3.05, 3.63) is 30.1 Å². The molecule has 21 heavy (non-hydrogen) atoms. The molecule has 0 saturated heterocycles. The van der Waals surface area contributed by atoms with Crippen LogP contribution in [0.15, 0.2) is 24.5 Å². The van der Waals surface area contributed by atoms with Crippen LogP contribution in [-0.4, -0.2) is 46.6 Å². The van der Waals surface area contributed by atoms with E-state index in [-0.39, 0.29) is 11.9 Å². The van der Waals surface area contributed by atoms with E-state index in [1.165, 1.54) is 4.90 Å². The number of urea groups is 1. The van der Waals surface area contributed by atoms with Gasteiger partial charge in [-0.25, -0.2) is 9.59 Å². The van der Waals surface area contributed by atoms with Gasteiger partial charge in [0.2, 0.25) is 0 Å². The Balaban J connectivity index is 2.47. The van der Waals surface area contributed by atoms with Crippen molar-refractivity contribution < 1.29 is 14.7 Å². The van der Waals surface area contributed by atoms with E-state index in [0.717, 1.165) is 5.56 Å². The minimum absolute atomic E-state index is 0.202. The summed E-state index contributed by atoms with van der Waals surface area (Å²) in [5, 5.41) is 11.7. The van der Waals surface area contributed by atoms with Crippen molar-refractivity contribution in [2.75, 3.05) is 13.6 Å². The van der Waals surface area contributed by atoms with Gasteiger partial charge in [0, 0.05) is 26.0 Å². The molecular formula is C15H23N3O3. The number of amides is 2. The summed E-state index contributed by atoms with van der Waals surface area (Å²) in [5.41, 5.74) is 1.08. The summed E-state index contributed by atoms with van der Waals surface area (Å²) in [6.07, 6.45) is 4.53. The van der Waals surface area contributed by atoms with Gasteiger partial charge in [-0.3, -0.25) is 4.98 Å². The van der Waals surface area contributed by atoms with Crippen LogP contribution in [0.5, 0.6) is 0 Å². The molecule has 0 spiro atoms. The highest BCUT2D eigenvalue weighted by molar-refractivity contribution is 5.82. The minimum atomic E-state index is -1.00. The van der Waals surface area contributed by atoms with Crippen LogP contribution in [0.1, 0.15) is 25.8 Å². The molecule has 1 aromatic heterocycles. The fraction of sp³-hybridized carbons (Fsp3) is 0.533. The number of carboxylic acid groups (broad SMARTS) is 1. The molecule has 2 amide bonds. The van der Waals surface area contributed by atoms with Crippen molar-refractivity contribution in [3.63, 3.8) is 0 Å². The first-order valence-electron chi connectivity index (χ1n) is 7.03. The van der Waals surface area contributed by atoms with Gasteiger partial charge in [-0.05, 0) is 36.5 Å². The lowest BCUT2D eigenvalue weighted by atomic mass is 10.0. The largest absolute Gasteiger partial charge is 0.480 e. The second-order valence-electron chi connectivity index (χ2n) is 5.50. The maximum Gasteiger partial charge on any atom is 0.326 e. The van der Waals surface area contributed by atoms with Gasteiger partial charge < -0.3 is 15.3 Å². The highest BCUT2D eigenvalue weighted by atomic mass is 16.4. The number of rotatable bonds is 7. The zero-order chi connectivity index (χ0) is 15.8. The molecule has 6 nitrogen and oxygen atoms in total. The predicted molar refractivity (Wildman–Crippen MR) is 80.0 cm³/mol. The first-order valence-corrected chi connectivity index (χ1v) is 7.03. The normalized spacial score (nSPS) is 12.0. The van der Waals surface area contributed by atoms with Gasteiger partial charge >= 0.3 is 12.0 Å². The average molecular weight is 293 g/mol. The lowest BCUT2D eigenvalue weighted by molar-refractivity contribution is -0.139. The summed E-state index contributed by atoms with van der Waals surface area (Å²) in [7, 11) is 1.66. The number of nitrogens with one attached hydrogen (secondary N) is 1. The first kappa shape index (κ1) is 16.9. The molecule has 0 radical (unpaired) electrons. The fourth-order valence-corrected chi connectivity index (χ4v) is 1.90.